The topological polar surface area (TPSA) is 91.4 Å². The van der Waals surface area contributed by atoms with Crippen LogP contribution in [-0.4, -0.2) is 35.2 Å². The first kappa shape index (κ1) is 13.6. The van der Waals surface area contributed by atoms with Gasteiger partial charge in [-0.05, 0) is 11.6 Å². The molecule has 0 saturated carbocycles. The number of hydrogen-bond acceptors (Lipinski definition) is 4. The van der Waals surface area contributed by atoms with Crippen LogP contribution in [0.15, 0.2) is 24.3 Å². The zero-order valence-corrected chi connectivity index (χ0v) is 11.7. The van der Waals surface area contributed by atoms with Crippen molar-refractivity contribution in [2.75, 3.05) is 7.11 Å². The van der Waals surface area contributed by atoms with E-state index in [0.29, 0.717) is 5.69 Å². The molecule has 3 atom stereocenters. The minimum Gasteiger partial charge on any atom is -0.480 e. The van der Waals surface area contributed by atoms with Crippen molar-refractivity contribution >= 4 is 22.8 Å². The van der Waals surface area contributed by atoms with E-state index in [1.165, 1.54) is 7.11 Å². The summed E-state index contributed by atoms with van der Waals surface area (Å²) in [6.45, 7) is 1.89. The van der Waals surface area contributed by atoms with Crippen LogP contribution in [-0.2, 0) is 14.3 Å². The molecule has 21 heavy (non-hydrogen) atoms. The monoisotopic (exact) mass is 288 g/mol. The van der Waals surface area contributed by atoms with Gasteiger partial charge in [0.1, 0.15) is 12.1 Å². The van der Waals surface area contributed by atoms with E-state index in [9.17, 15) is 14.7 Å². The van der Waals surface area contributed by atoms with Gasteiger partial charge in [-0.25, -0.2) is 0 Å². The highest BCUT2D eigenvalue weighted by molar-refractivity contribution is 5.91. The Hall–Kier alpha value is -2.34. The van der Waals surface area contributed by atoms with Crippen molar-refractivity contribution in [2.45, 2.75) is 24.9 Å². The lowest BCUT2D eigenvalue weighted by Gasteiger charge is -2.32. The molecule has 2 aromatic rings. The molecule has 0 fully saturated rings. The van der Waals surface area contributed by atoms with E-state index in [2.05, 4.69) is 10.3 Å². The lowest BCUT2D eigenvalue weighted by Crippen LogP contribution is -2.49. The van der Waals surface area contributed by atoms with E-state index >= 15 is 0 Å². The second kappa shape index (κ2) is 4.89. The van der Waals surface area contributed by atoms with Gasteiger partial charge >= 0.3 is 11.9 Å². The van der Waals surface area contributed by atoms with Crippen LogP contribution in [0.4, 0.5) is 0 Å². The molecule has 0 amide bonds. The molecule has 6 heteroatoms. The van der Waals surface area contributed by atoms with Crippen LogP contribution in [0.2, 0.25) is 0 Å². The number of carbonyl (C=O) groups is 2. The number of benzene rings is 1. The SMILES string of the molecule is COC(=O)C1NC(C(=O)O)c2[nH]c3ccccc3c2C1C. The number of H-pyrrole nitrogens is 1. The third kappa shape index (κ3) is 1.99. The number of esters is 1. The smallest absolute Gasteiger partial charge is 0.326 e. The largest absolute Gasteiger partial charge is 0.480 e. The van der Waals surface area contributed by atoms with Crippen LogP contribution in [0.5, 0.6) is 0 Å². The van der Waals surface area contributed by atoms with Gasteiger partial charge in [0.15, 0.2) is 0 Å². The van der Waals surface area contributed by atoms with Crippen LogP contribution >= 0.6 is 0 Å². The zero-order chi connectivity index (χ0) is 15.1. The Balaban J connectivity index is 2.21. The fraction of sp³-hybridized carbons (Fsp3) is 0.333. The molecule has 0 radical (unpaired) electrons. The summed E-state index contributed by atoms with van der Waals surface area (Å²) in [5, 5.41) is 13.2. The fourth-order valence-corrected chi connectivity index (χ4v) is 3.07. The van der Waals surface area contributed by atoms with Crippen molar-refractivity contribution in [3.63, 3.8) is 0 Å². The number of methoxy groups -OCH3 is 1. The van der Waals surface area contributed by atoms with Gasteiger partial charge in [-0.15, -0.1) is 0 Å². The Labute approximate surface area is 121 Å². The van der Waals surface area contributed by atoms with E-state index < -0.39 is 24.0 Å². The molecule has 1 aromatic heterocycles. The second-order valence-electron chi connectivity index (χ2n) is 5.23. The second-order valence-corrected chi connectivity index (χ2v) is 5.23. The number of carboxylic acid groups (broad SMARTS) is 1. The number of aromatic nitrogens is 1. The minimum atomic E-state index is -1.02. The summed E-state index contributed by atoms with van der Waals surface area (Å²) in [4.78, 5) is 26.6. The van der Waals surface area contributed by atoms with Gasteiger partial charge in [-0.3, -0.25) is 14.9 Å². The first-order valence-electron chi connectivity index (χ1n) is 6.71. The zero-order valence-electron chi connectivity index (χ0n) is 11.7. The van der Waals surface area contributed by atoms with Crippen molar-refractivity contribution in [1.29, 1.82) is 0 Å². The lowest BCUT2D eigenvalue weighted by molar-refractivity contribution is -0.146. The third-order valence-electron chi connectivity index (χ3n) is 4.07. The summed E-state index contributed by atoms with van der Waals surface area (Å²) >= 11 is 0. The number of rotatable bonds is 2. The molecular weight excluding hydrogens is 272 g/mol. The molecule has 3 unspecified atom stereocenters. The van der Waals surface area contributed by atoms with Gasteiger partial charge in [0, 0.05) is 22.5 Å². The van der Waals surface area contributed by atoms with Crippen molar-refractivity contribution in [3.05, 3.63) is 35.5 Å². The number of aromatic amines is 1. The van der Waals surface area contributed by atoms with E-state index in [4.69, 9.17) is 4.74 Å². The number of ether oxygens (including phenoxy) is 1. The van der Waals surface area contributed by atoms with Crippen LogP contribution < -0.4 is 5.32 Å². The number of para-hydroxylation sites is 1. The highest BCUT2D eigenvalue weighted by atomic mass is 16.5. The summed E-state index contributed by atoms with van der Waals surface area (Å²) in [5.74, 6) is -1.66. The third-order valence-corrected chi connectivity index (χ3v) is 4.07. The number of fused-ring (bicyclic) bond motifs is 3. The highest BCUT2D eigenvalue weighted by Crippen LogP contribution is 2.38. The number of carboxylic acids is 1. The van der Waals surface area contributed by atoms with E-state index in [0.717, 1.165) is 16.5 Å². The maximum absolute atomic E-state index is 11.9. The van der Waals surface area contributed by atoms with Crippen LogP contribution in [0.1, 0.15) is 30.1 Å². The average Bonchev–Trinajstić information content (AvgIpc) is 2.86. The van der Waals surface area contributed by atoms with Gasteiger partial charge < -0.3 is 14.8 Å². The van der Waals surface area contributed by atoms with E-state index in [1.807, 2.05) is 31.2 Å². The van der Waals surface area contributed by atoms with Crippen molar-refractivity contribution in [3.8, 4) is 0 Å². The summed E-state index contributed by atoms with van der Waals surface area (Å²) in [6.07, 6.45) is 0. The van der Waals surface area contributed by atoms with Gasteiger partial charge in [0.05, 0.1) is 7.11 Å². The molecule has 1 aliphatic heterocycles. The maximum atomic E-state index is 11.9. The molecule has 1 aliphatic rings. The summed E-state index contributed by atoms with van der Waals surface area (Å²) < 4.78 is 4.79. The van der Waals surface area contributed by atoms with Crippen LogP contribution in [0.25, 0.3) is 10.9 Å². The number of carbonyl (C=O) groups excluding carboxylic acids is 1. The Kier molecular flexibility index (Phi) is 3.17. The van der Waals surface area contributed by atoms with Gasteiger partial charge in [0.25, 0.3) is 0 Å². The normalized spacial score (nSPS) is 24.6. The first-order valence-corrected chi connectivity index (χ1v) is 6.71. The van der Waals surface area contributed by atoms with Crippen molar-refractivity contribution in [1.82, 2.24) is 10.3 Å². The van der Waals surface area contributed by atoms with E-state index in [1.54, 1.807) is 0 Å². The molecule has 0 aliphatic carbocycles. The van der Waals surface area contributed by atoms with Gasteiger partial charge in [-0.1, -0.05) is 25.1 Å². The standard InChI is InChI=1S/C15H16N2O4/c1-7-10-8-5-3-4-6-9(8)16-12(10)13(14(18)19)17-11(7)15(20)21-2/h3-7,11,13,16-17H,1-2H3,(H,18,19). The molecule has 0 saturated heterocycles. The molecule has 110 valence electrons. The maximum Gasteiger partial charge on any atom is 0.326 e. The Bertz CT molecular complexity index is 722. The average molecular weight is 288 g/mol. The lowest BCUT2D eigenvalue weighted by atomic mass is 9.85. The molecule has 3 rings (SSSR count). The molecule has 1 aromatic carbocycles. The number of nitrogens with one attached hydrogen (secondary N) is 2. The first-order chi connectivity index (χ1) is 10.0. The Morgan fingerprint density at radius 2 is 2.00 bits per heavy atom. The number of hydrogen-bond donors (Lipinski definition) is 3. The molecule has 3 N–H and O–H groups in total. The van der Waals surface area contributed by atoms with Gasteiger partial charge in [-0.2, -0.15) is 0 Å². The van der Waals surface area contributed by atoms with E-state index in [-0.39, 0.29) is 5.92 Å². The summed E-state index contributed by atoms with van der Waals surface area (Å²) in [7, 11) is 1.30. The molecule has 0 spiro atoms. The molecule has 2 heterocycles. The van der Waals surface area contributed by atoms with Crippen LogP contribution in [0.3, 0.4) is 0 Å². The predicted octanol–water partition coefficient (Wildman–Crippen LogP) is 1.54. The quantitative estimate of drug-likeness (QED) is 0.729. The molecule has 6 nitrogen and oxygen atoms in total. The fourth-order valence-electron chi connectivity index (χ4n) is 3.07. The highest BCUT2D eigenvalue weighted by Gasteiger charge is 2.41. The molecule has 0 bridgehead atoms. The summed E-state index contributed by atoms with van der Waals surface area (Å²) in [6, 6.07) is 5.98. The molecular formula is C15H16N2O4. The van der Waals surface area contributed by atoms with Crippen LogP contribution in [0, 0.1) is 0 Å². The Morgan fingerprint density at radius 1 is 1.29 bits per heavy atom. The van der Waals surface area contributed by atoms with Crippen molar-refractivity contribution < 1.29 is 19.4 Å². The Morgan fingerprint density at radius 3 is 2.67 bits per heavy atom. The minimum absolute atomic E-state index is 0.181. The number of aliphatic carboxylic acids is 1. The van der Waals surface area contributed by atoms with Crippen molar-refractivity contribution in [2.24, 2.45) is 0 Å². The summed E-state index contributed by atoms with van der Waals surface area (Å²) in [5.41, 5.74) is 2.34. The van der Waals surface area contributed by atoms with Gasteiger partial charge in [0.2, 0.25) is 0 Å². The predicted molar refractivity (Wildman–Crippen MR) is 76.0 cm³/mol.